The fourth-order valence-electron chi connectivity index (χ4n) is 2.78. The van der Waals surface area contributed by atoms with Gasteiger partial charge in [0.2, 0.25) is 11.9 Å². The topological polar surface area (TPSA) is 70.5 Å². The summed E-state index contributed by atoms with van der Waals surface area (Å²) in [7, 11) is 1.62. The molecule has 1 saturated heterocycles. The molecule has 26 heavy (non-hydrogen) atoms. The van der Waals surface area contributed by atoms with Crippen LogP contribution in [0.25, 0.3) is 11.1 Å². The van der Waals surface area contributed by atoms with Crippen LogP contribution in [0.2, 0.25) is 0 Å². The Morgan fingerprint density at radius 3 is 2.69 bits per heavy atom. The third-order valence-electron chi connectivity index (χ3n) is 4.39. The summed E-state index contributed by atoms with van der Waals surface area (Å²) < 4.78 is 14.4. The second-order valence-corrected chi connectivity index (χ2v) is 6.13. The molecule has 0 atom stereocenters. The zero-order valence-corrected chi connectivity index (χ0v) is 15.0. The predicted molar refractivity (Wildman–Crippen MR) is 100 cm³/mol. The Labute approximate surface area is 152 Å². The maximum Gasteiger partial charge on any atom is 0.225 e. The lowest BCUT2D eigenvalue weighted by Crippen LogP contribution is -2.48. The zero-order valence-electron chi connectivity index (χ0n) is 15.0. The third-order valence-corrected chi connectivity index (χ3v) is 4.39. The lowest BCUT2D eigenvalue weighted by atomic mass is 10.0. The molecular formula is C19H22FN5O. The van der Waals surface area contributed by atoms with Gasteiger partial charge >= 0.3 is 0 Å². The van der Waals surface area contributed by atoms with E-state index in [-0.39, 0.29) is 11.7 Å². The van der Waals surface area contributed by atoms with Crippen molar-refractivity contribution in [2.75, 3.05) is 31.6 Å². The molecule has 0 radical (unpaired) electrons. The Morgan fingerprint density at radius 2 is 2.04 bits per heavy atom. The van der Waals surface area contributed by atoms with E-state index in [4.69, 9.17) is 0 Å². The molecule has 1 fully saturated rings. The number of aliphatic imine (C=N–C) groups is 1. The summed E-state index contributed by atoms with van der Waals surface area (Å²) in [5, 5.41) is 2.57. The summed E-state index contributed by atoms with van der Waals surface area (Å²) in [5.74, 6) is 0.385. The Kier molecular flexibility index (Phi) is 5.55. The van der Waals surface area contributed by atoms with Gasteiger partial charge in [-0.3, -0.25) is 9.79 Å². The maximum atomic E-state index is 14.4. The van der Waals surface area contributed by atoms with Gasteiger partial charge in [0, 0.05) is 43.5 Å². The van der Waals surface area contributed by atoms with Gasteiger partial charge in [-0.25, -0.2) is 14.4 Å². The Hall–Kier alpha value is -2.83. The molecule has 0 aliphatic carbocycles. The first-order valence-electron chi connectivity index (χ1n) is 8.70. The fraction of sp³-hybridized carbons (Fsp3) is 0.368. The van der Waals surface area contributed by atoms with Crippen LogP contribution in [0.5, 0.6) is 0 Å². The highest BCUT2D eigenvalue weighted by atomic mass is 19.1. The Balaban J connectivity index is 1.61. The number of carbonyl (C=O) groups is 1. The van der Waals surface area contributed by atoms with Gasteiger partial charge in [-0.05, 0) is 12.0 Å². The zero-order chi connectivity index (χ0) is 18.5. The van der Waals surface area contributed by atoms with E-state index in [0.29, 0.717) is 55.1 Å². The quantitative estimate of drug-likeness (QED) is 0.863. The average Bonchev–Trinajstić information content (AvgIpc) is 2.64. The number of benzene rings is 1. The third kappa shape index (κ3) is 3.87. The molecule has 7 heteroatoms. The van der Waals surface area contributed by atoms with Gasteiger partial charge in [-0.1, -0.05) is 25.1 Å². The smallest absolute Gasteiger partial charge is 0.225 e. The first-order valence-corrected chi connectivity index (χ1v) is 8.70. The van der Waals surface area contributed by atoms with Crippen molar-refractivity contribution < 1.29 is 9.18 Å². The molecule has 0 spiro atoms. The second-order valence-electron chi connectivity index (χ2n) is 6.13. The fourth-order valence-corrected chi connectivity index (χ4v) is 2.78. The predicted octanol–water partition coefficient (Wildman–Crippen LogP) is 2.24. The van der Waals surface area contributed by atoms with Crippen molar-refractivity contribution in [3.63, 3.8) is 0 Å². The van der Waals surface area contributed by atoms with E-state index in [2.05, 4.69) is 20.3 Å². The van der Waals surface area contributed by atoms with Gasteiger partial charge < -0.3 is 10.2 Å². The van der Waals surface area contributed by atoms with Gasteiger partial charge in [0.25, 0.3) is 0 Å². The minimum absolute atomic E-state index is 0.0103. The summed E-state index contributed by atoms with van der Waals surface area (Å²) in [5.41, 5.74) is 2.91. The number of amides is 1. The van der Waals surface area contributed by atoms with Gasteiger partial charge in [0.1, 0.15) is 5.82 Å². The minimum atomic E-state index is -0.208. The van der Waals surface area contributed by atoms with E-state index in [1.165, 1.54) is 0 Å². The number of rotatable bonds is 6. The lowest BCUT2D eigenvalue weighted by Gasteiger charge is -2.32. The van der Waals surface area contributed by atoms with Gasteiger partial charge in [0.05, 0.1) is 18.8 Å². The second kappa shape index (κ2) is 8.03. The van der Waals surface area contributed by atoms with Crippen molar-refractivity contribution in [1.82, 2.24) is 15.3 Å². The molecule has 136 valence electrons. The lowest BCUT2D eigenvalue weighted by molar-refractivity contribution is -0.120. The van der Waals surface area contributed by atoms with Crippen LogP contribution in [-0.4, -0.2) is 48.3 Å². The molecule has 2 aromatic rings. The standard InChI is InChI=1S/C19H22FN5O/c1-3-13-5-4-6-16(18(13)20)14-9-23-19(24-10-14)25-11-15(12-25)22-8-7-17(26)21-2/h4-6,9-10H,3,7-8,11-12H2,1-2H3,(H,21,26). The van der Waals surface area contributed by atoms with Crippen molar-refractivity contribution in [1.29, 1.82) is 0 Å². The van der Waals surface area contributed by atoms with Crippen LogP contribution in [0.3, 0.4) is 0 Å². The number of nitrogens with zero attached hydrogens (tertiary/aromatic N) is 4. The van der Waals surface area contributed by atoms with E-state index in [0.717, 1.165) is 5.71 Å². The molecule has 2 heterocycles. The van der Waals surface area contributed by atoms with Gasteiger partial charge in [-0.2, -0.15) is 0 Å². The number of hydrogen-bond acceptors (Lipinski definition) is 5. The number of carbonyl (C=O) groups excluding carboxylic acids is 1. The number of hydrogen-bond donors (Lipinski definition) is 1. The van der Waals surface area contributed by atoms with Crippen LogP contribution in [0, 0.1) is 5.82 Å². The van der Waals surface area contributed by atoms with Crippen molar-refractivity contribution >= 4 is 17.6 Å². The van der Waals surface area contributed by atoms with E-state index in [1.807, 2.05) is 17.9 Å². The minimum Gasteiger partial charge on any atom is -0.359 e. The van der Waals surface area contributed by atoms with Crippen LogP contribution < -0.4 is 10.2 Å². The van der Waals surface area contributed by atoms with Crippen LogP contribution >= 0.6 is 0 Å². The summed E-state index contributed by atoms with van der Waals surface area (Å²) >= 11 is 0. The van der Waals surface area contributed by atoms with Crippen LogP contribution in [0.15, 0.2) is 35.6 Å². The summed E-state index contributed by atoms with van der Waals surface area (Å²) in [6.45, 7) is 3.74. The van der Waals surface area contributed by atoms with Crippen LogP contribution in [-0.2, 0) is 11.2 Å². The first-order chi connectivity index (χ1) is 12.6. The van der Waals surface area contributed by atoms with E-state index >= 15 is 0 Å². The molecule has 1 amide bonds. The first kappa shape index (κ1) is 18.0. The summed E-state index contributed by atoms with van der Waals surface area (Å²) in [4.78, 5) is 26.3. The monoisotopic (exact) mass is 355 g/mol. The normalized spacial score (nSPS) is 13.3. The highest BCUT2D eigenvalue weighted by Gasteiger charge is 2.24. The highest BCUT2D eigenvalue weighted by molar-refractivity contribution is 5.99. The number of aryl methyl sites for hydroxylation is 1. The molecule has 6 nitrogen and oxygen atoms in total. The molecule has 1 aromatic carbocycles. The molecule has 1 N–H and O–H groups in total. The van der Waals surface area contributed by atoms with Crippen molar-refractivity contribution in [3.8, 4) is 11.1 Å². The molecule has 1 aliphatic rings. The number of halogens is 1. The highest BCUT2D eigenvalue weighted by Crippen LogP contribution is 2.25. The van der Waals surface area contributed by atoms with Crippen LogP contribution in [0.1, 0.15) is 18.9 Å². The molecule has 1 aliphatic heterocycles. The van der Waals surface area contributed by atoms with Crippen molar-refractivity contribution in [2.24, 2.45) is 4.99 Å². The SMILES string of the molecule is CCc1cccc(-c2cnc(N3CC(=NCCC(=O)NC)C3)nc2)c1F. The molecule has 0 unspecified atom stereocenters. The summed E-state index contributed by atoms with van der Waals surface area (Å²) in [6, 6.07) is 5.38. The average molecular weight is 355 g/mol. The number of nitrogens with one attached hydrogen (secondary N) is 1. The Morgan fingerprint density at radius 1 is 1.31 bits per heavy atom. The molecule has 3 rings (SSSR count). The van der Waals surface area contributed by atoms with Crippen molar-refractivity contribution in [2.45, 2.75) is 19.8 Å². The van der Waals surface area contributed by atoms with E-state index in [1.54, 1.807) is 31.6 Å². The molecule has 0 saturated carbocycles. The largest absolute Gasteiger partial charge is 0.359 e. The van der Waals surface area contributed by atoms with Crippen LogP contribution in [0.4, 0.5) is 10.3 Å². The maximum absolute atomic E-state index is 14.4. The number of aromatic nitrogens is 2. The number of anilines is 1. The molecule has 1 aromatic heterocycles. The van der Waals surface area contributed by atoms with Gasteiger partial charge in [0.15, 0.2) is 0 Å². The van der Waals surface area contributed by atoms with E-state index in [9.17, 15) is 9.18 Å². The van der Waals surface area contributed by atoms with Gasteiger partial charge in [-0.15, -0.1) is 0 Å². The molecule has 0 bridgehead atoms. The van der Waals surface area contributed by atoms with Crippen molar-refractivity contribution in [3.05, 3.63) is 42.0 Å². The molecular weight excluding hydrogens is 333 g/mol. The van der Waals surface area contributed by atoms with E-state index < -0.39 is 0 Å². The summed E-state index contributed by atoms with van der Waals surface area (Å²) in [6.07, 6.45) is 4.35. The Bertz CT molecular complexity index is 811.